The summed E-state index contributed by atoms with van der Waals surface area (Å²) in [5.74, 6) is 0.0150. The molecule has 0 saturated heterocycles. The van der Waals surface area contributed by atoms with Gasteiger partial charge in [-0.2, -0.15) is 0 Å². The summed E-state index contributed by atoms with van der Waals surface area (Å²) >= 11 is 3.44. The summed E-state index contributed by atoms with van der Waals surface area (Å²) in [5, 5.41) is 2.90. The largest absolute Gasteiger partial charge is 0.352 e. The van der Waals surface area contributed by atoms with E-state index in [1.807, 2.05) is 31.2 Å². The molecule has 1 atom stereocenters. The van der Waals surface area contributed by atoms with E-state index >= 15 is 0 Å². The molecule has 1 N–H and O–H groups in total. The lowest BCUT2D eigenvalue weighted by molar-refractivity contribution is 0.0953. The summed E-state index contributed by atoms with van der Waals surface area (Å²) in [6.45, 7) is 4.72. The maximum Gasteiger partial charge on any atom is 0.251 e. The lowest BCUT2D eigenvalue weighted by atomic mass is 10.1. The first-order chi connectivity index (χ1) is 7.11. The highest BCUT2D eigenvalue weighted by Gasteiger charge is 2.07. The molecule has 1 rings (SSSR count). The second-order valence-electron chi connectivity index (χ2n) is 3.64. The van der Waals surface area contributed by atoms with Gasteiger partial charge < -0.3 is 5.32 Å². The van der Waals surface area contributed by atoms with Gasteiger partial charge in [0.2, 0.25) is 0 Å². The maximum absolute atomic E-state index is 11.7. The van der Waals surface area contributed by atoms with Crippen molar-refractivity contribution in [2.24, 2.45) is 0 Å². The molecule has 0 radical (unpaired) electrons. The molecule has 0 aliphatic carbocycles. The molecule has 1 amide bonds. The topological polar surface area (TPSA) is 29.1 Å². The van der Waals surface area contributed by atoms with Crippen LogP contribution in [0.5, 0.6) is 0 Å². The van der Waals surface area contributed by atoms with Crippen LogP contribution in [0.3, 0.4) is 0 Å². The van der Waals surface area contributed by atoms with Crippen molar-refractivity contribution in [3.05, 3.63) is 35.4 Å². The van der Waals surface area contributed by atoms with Crippen LogP contribution in [-0.4, -0.2) is 17.3 Å². The van der Waals surface area contributed by atoms with Gasteiger partial charge in [0.1, 0.15) is 0 Å². The van der Waals surface area contributed by atoms with Crippen LogP contribution in [0.25, 0.3) is 0 Å². The minimum absolute atomic E-state index is 0.0150. The van der Waals surface area contributed by atoms with Gasteiger partial charge in [0.25, 0.3) is 5.91 Å². The van der Waals surface area contributed by atoms with E-state index in [2.05, 4.69) is 28.2 Å². The molecule has 0 aliphatic heterocycles. The van der Waals surface area contributed by atoms with E-state index in [0.29, 0.717) is 11.4 Å². The smallest absolute Gasteiger partial charge is 0.251 e. The summed E-state index contributed by atoms with van der Waals surface area (Å²) in [7, 11) is 0. The summed E-state index contributed by atoms with van der Waals surface area (Å²) in [6.07, 6.45) is 0.942. The second-order valence-corrected chi connectivity index (χ2v) is 5.20. The molecule has 15 heavy (non-hydrogen) atoms. The van der Waals surface area contributed by atoms with Crippen LogP contribution in [0.15, 0.2) is 24.3 Å². The highest BCUT2D eigenvalue weighted by atomic mass is 79.9. The summed E-state index contributed by atoms with van der Waals surface area (Å²) in [6, 6.07) is 7.62. The molecule has 0 aliphatic rings. The third kappa shape index (κ3) is 4.04. The molecule has 0 saturated carbocycles. The molecular weight excluding hydrogens is 254 g/mol. The van der Waals surface area contributed by atoms with Crippen molar-refractivity contribution >= 4 is 21.8 Å². The molecule has 0 bridgehead atoms. The number of amides is 1. The molecule has 3 heteroatoms. The van der Waals surface area contributed by atoms with Crippen LogP contribution in [-0.2, 0) is 0 Å². The van der Waals surface area contributed by atoms with Gasteiger partial charge in [-0.25, -0.2) is 0 Å². The first-order valence-electron chi connectivity index (χ1n) is 5.09. The number of hydrogen-bond acceptors (Lipinski definition) is 1. The Labute approximate surface area is 99.2 Å². The predicted molar refractivity (Wildman–Crippen MR) is 66.5 cm³/mol. The van der Waals surface area contributed by atoms with Crippen molar-refractivity contribution in [3.8, 4) is 0 Å². The molecule has 1 unspecified atom stereocenters. The van der Waals surface area contributed by atoms with Crippen LogP contribution in [0.4, 0.5) is 0 Å². The van der Waals surface area contributed by atoms with Crippen LogP contribution in [0, 0.1) is 6.92 Å². The van der Waals surface area contributed by atoms with Gasteiger partial charge in [0.15, 0.2) is 0 Å². The predicted octanol–water partition coefficient (Wildman–Crippen LogP) is 2.90. The van der Waals surface area contributed by atoms with E-state index in [1.165, 1.54) is 0 Å². The Balaban J connectivity index is 2.51. The van der Waals surface area contributed by atoms with Gasteiger partial charge in [-0.1, -0.05) is 41.1 Å². The van der Waals surface area contributed by atoms with Gasteiger partial charge in [-0.15, -0.1) is 0 Å². The lowest BCUT2D eigenvalue weighted by Gasteiger charge is -2.08. The number of carbonyl (C=O) groups excluding carboxylic acids is 1. The molecule has 0 aromatic heterocycles. The average Bonchev–Trinajstić information content (AvgIpc) is 2.17. The second kappa shape index (κ2) is 5.91. The van der Waals surface area contributed by atoms with Crippen molar-refractivity contribution in [1.82, 2.24) is 5.32 Å². The van der Waals surface area contributed by atoms with Crippen LogP contribution in [0.2, 0.25) is 0 Å². The maximum atomic E-state index is 11.7. The van der Waals surface area contributed by atoms with Crippen molar-refractivity contribution < 1.29 is 4.79 Å². The quantitative estimate of drug-likeness (QED) is 0.837. The number of alkyl halides is 1. The minimum atomic E-state index is 0.0150. The van der Waals surface area contributed by atoms with E-state index < -0.39 is 0 Å². The number of carbonyl (C=O) groups is 1. The van der Waals surface area contributed by atoms with Gasteiger partial charge >= 0.3 is 0 Å². The van der Waals surface area contributed by atoms with Crippen molar-refractivity contribution in [2.75, 3.05) is 6.54 Å². The first kappa shape index (κ1) is 12.2. The Hall–Kier alpha value is -0.830. The zero-order valence-corrected chi connectivity index (χ0v) is 10.7. The Kier molecular flexibility index (Phi) is 4.82. The van der Waals surface area contributed by atoms with E-state index in [-0.39, 0.29) is 5.91 Å². The molecule has 1 aromatic rings. The molecule has 0 fully saturated rings. The third-order valence-corrected chi connectivity index (χ3v) is 2.68. The molecule has 0 spiro atoms. The Morgan fingerprint density at radius 2 is 2.13 bits per heavy atom. The fraction of sp³-hybridized carbons (Fsp3) is 0.417. The highest BCUT2D eigenvalue weighted by molar-refractivity contribution is 9.09. The van der Waals surface area contributed by atoms with E-state index in [9.17, 15) is 4.79 Å². The number of hydrogen-bond donors (Lipinski definition) is 1. The van der Waals surface area contributed by atoms with Crippen molar-refractivity contribution in [2.45, 2.75) is 25.1 Å². The summed E-state index contributed by atoms with van der Waals surface area (Å²) in [5.41, 5.74) is 1.78. The Bertz CT molecular complexity index is 336. The van der Waals surface area contributed by atoms with Gasteiger partial charge in [-0.05, 0) is 25.0 Å². The monoisotopic (exact) mass is 269 g/mol. The number of rotatable bonds is 4. The number of nitrogens with one attached hydrogen (secondary N) is 1. The minimum Gasteiger partial charge on any atom is -0.352 e. The molecule has 0 heterocycles. The van der Waals surface area contributed by atoms with Crippen LogP contribution in [0.1, 0.15) is 29.3 Å². The Morgan fingerprint density at radius 1 is 1.47 bits per heavy atom. The summed E-state index contributed by atoms with van der Waals surface area (Å²) in [4.78, 5) is 12.2. The van der Waals surface area contributed by atoms with Gasteiger partial charge in [-0.3, -0.25) is 4.79 Å². The van der Waals surface area contributed by atoms with Gasteiger partial charge in [0.05, 0.1) is 0 Å². The van der Waals surface area contributed by atoms with E-state index in [1.54, 1.807) is 0 Å². The highest BCUT2D eigenvalue weighted by Crippen LogP contribution is 2.07. The van der Waals surface area contributed by atoms with Crippen LogP contribution < -0.4 is 5.32 Å². The number of halogens is 1. The normalized spacial score (nSPS) is 12.2. The zero-order valence-electron chi connectivity index (χ0n) is 9.09. The van der Waals surface area contributed by atoms with Gasteiger partial charge in [0, 0.05) is 16.9 Å². The van der Waals surface area contributed by atoms with E-state index in [0.717, 1.165) is 17.5 Å². The fourth-order valence-electron chi connectivity index (χ4n) is 1.31. The molecule has 2 nitrogen and oxygen atoms in total. The zero-order chi connectivity index (χ0) is 11.3. The van der Waals surface area contributed by atoms with Crippen molar-refractivity contribution in [3.63, 3.8) is 0 Å². The molecular formula is C12H16BrNO. The van der Waals surface area contributed by atoms with E-state index in [4.69, 9.17) is 0 Å². The fourth-order valence-corrected chi connectivity index (χ4v) is 1.54. The Morgan fingerprint density at radius 3 is 2.73 bits per heavy atom. The average molecular weight is 270 g/mol. The van der Waals surface area contributed by atoms with Crippen molar-refractivity contribution in [1.29, 1.82) is 0 Å². The standard InChI is InChI=1S/C12H16BrNO/c1-9-5-3-4-6-11(9)12(15)14-8-7-10(2)13/h3-6,10H,7-8H2,1-2H3,(H,14,15). The SMILES string of the molecule is Cc1ccccc1C(=O)NCCC(C)Br. The lowest BCUT2D eigenvalue weighted by Crippen LogP contribution is -2.26. The summed E-state index contributed by atoms with van der Waals surface area (Å²) < 4.78 is 0. The first-order valence-corrected chi connectivity index (χ1v) is 6.00. The third-order valence-electron chi connectivity index (χ3n) is 2.22. The molecule has 1 aromatic carbocycles. The van der Waals surface area contributed by atoms with Crippen LogP contribution >= 0.6 is 15.9 Å². The molecule has 82 valence electrons. The number of aryl methyl sites for hydroxylation is 1. The number of benzene rings is 1.